The Bertz CT molecular complexity index is 673. The zero-order chi connectivity index (χ0) is 14.0. The van der Waals surface area contributed by atoms with Gasteiger partial charge in [0.2, 0.25) is 5.78 Å². The molecule has 0 aromatic carbocycles. The van der Waals surface area contributed by atoms with E-state index in [4.69, 9.17) is 16.7 Å². The smallest absolute Gasteiger partial charge is 0.354 e. The maximum Gasteiger partial charge on any atom is 0.354 e. The summed E-state index contributed by atoms with van der Waals surface area (Å²) in [6.07, 6.45) is 0. The number of aromatic carboxylic acids is 1. The van der Waals surface area contributed by atoms with Gasteiger partial charge in [0.15, 0.2) is 5.15 Å². The molecule has 0 aliphatic rings. The number of ketones is 1. The highest BCUT2D eigenvalue weighted by Gasteiger charge is 2.16. The minimum absolute atomic E-state index is 0.00378. The summed E-state index contributed by atoms with van der Waals surface area (Å²) >= 11 is 5.72. The van der Waals surface area contributed by atoms with Gasteiger partial charge < -0.3 is 5.11 Å². The summed E-state index contributed by atoms with van der Waals surface area (Å²) in [5, 5.41) is 16.3. The quantitative estimate of drug-likeness (QED) is 0.859. The van der Waals surface area contributed by atoms with Crippen molar-refractivity contribution in [2.45, 2.75) is 6.92 Å². The first-order valence-corrected chi connectivity index (χ1v) is 5.61. The summed E-state index contributed by atoms with van der Waals surface area (Å²) in [7, 11) is 0. The van der Waals surface area contributed by atoms with Gasteiger partial charge in [-0.3, -0.25) is 4.79 Å². The third kappa shape index (κ3) is 2.74. The van der Waals surface area contributed by atoms with E-state index in [9.17, 15) is 9.59 Å². The number of carboxylic acid groups (broad SMARTS) is 1. The second-order valence-corrected chi connectivity index (χ2v) is 4.10. The molecule has 0 fully saturated rings. The Kier molecular flexibility index (Phi) is 3.52. The fourth-order valence-electron chi connectivity index (χ4n) is 1.39. The molecule has 0 radical (unpaired) electrons. The molecule has 0 bridgehead atoms. The highest BCUT2D eigenvalue weighted by atomic mass is 35.5. The van der Waals surface area contributed by atoms with Crippen LogP contribution in [0.25, 0.3) is 0 Å². The molecule has 0 unspecified atom stereocenters. The third-order valence-electron chi connectivity index (χ3n) is 2.36. The van der Waals surface area contributed by atoms with Crippen LogP contribution in [0.5, 0.6) is 0 Å². The zero-order valence-corrected chi connectivity index (χ0v) is 10.5. The van der Waals surface area contributed by atoms with Gasteiger partial charge in [-0.05, 0) is 30.7 Å². The van der Waals surface area contributed by atoms with E-state index in [1.807, 2.05) is 0 Å². The molecular weight excluding hydrogens is 270 g/mol. The molecule has 0 spiro atoms. The molecule has 0 saturated heterocycles. The highest BCUT2D eigenvalue weighted by Crippen LogP contribution is 2.13. The molecule has 0 atom stereocenters. The van der Waals surface area contributed by atoms with Gasteiger partial charge in [0, 0.05) is 0 Å². The lowest BCUT2D eigenvalue weighted by Crippen LogP contribution is -2.11. The molecule has 2 heterocycles. The number of carbonyl (C=O) groups is 2. The third-order valence-corrected chi connectivity index (χ3v) is 2.73. The molecule has 0 aliphatic carbocycles. The van der Waals surface area contributed by atoms with Gasteiger partial charge in [0.25, 0.3) is 0 Å². The van der Waals surface area contributed by atoms with Crippen LogP contribution in [0.1, 0.15) is 32.2 Å². The van der Waals surface area contributed by atoms with Crippen LogP contribution >= 0.6 is 11.6 Å². The summed E-state index contributed by atoms with van der Waals surface area (Å²) in [5.41, 5.74) is 0.465. The molecule has 7 heteroatoms. The summed E-state index contributed by atoms with van der Waals surface area (Å²) in [5.74, 6) is -1.71. The lowest BCUT2D eigenvalue weighted by Gasteiger charge is -2.02. The lowest BCUT2D eigenvalue weighted by molar-refractivity contribution is 0.0690. The fourth-order valence-corrected chi connectivity index (χ4v) is 1.48. The number of pyridine rings is 1. The van der Waals surface area contributed by atoms with E-state index < -0.39 is 11.8 Å². The Labute approximate surface area is 113 Å². The standard InChI is InChI=1S/C12H8ClN3O3/c1-6-5-9(15-16-11(6)13)10(17)7-3-2-4-8(14-7)12(18)19/h2-5H,1H3,(H,18,19). The normalized spacial score (nSPS) is 10.2. The molecule has 1 N–H and O–H groups in total. The van der Waals surface area contributed by atoms with Gasteiger partial charge in [0.1, 0.15) is 17.1 Å². The Morgan fingerprint density at radius 2 is 1.84 bits per heavy atom. The summed E-state index contributed by atoms with van der Waals surface area (Å²) in [6.45, 7) is 1.69. The summed E-state index contributed by atoms with van der Waals surface area (Å²) in [6, 6.07) is 5.64. The van der Waals surface area contributed by atoms with Crippen molar-refractivity contribution in [2.24, 2.45) is 0 Å². The van der Waals surface area contributed by atoms with Gasteiger partial charge in [-0.25, -0.2) is 9.78 Å². The molecule has 96 valence electrons. The maximum atomic E-state index is 12.1. The minimum Gasteiger partial charge on any atom is -0.477 e. The molecule has 2 aromatic rings. The molecule has 6 nitrogen and oxygen atoms in total. The average Bonchev–Trinajstić information content (AvgIpc) is 2.41. The van der Waals surface area contributed by atoms with Gasteiger partial charge in [-0.15, -0.1) is 10.2 Å². The topological polar surface area (TPSA) is 93.0 Å². The van der Waals surface area contributed by atoms with E-state index in [1.54, 1.807) is 6.92 Å². The summed E-state index contributed by atoms with van der Waals surface area (Å²) < 4.78 is 0. The average molecular weight is 278 g/mol. The van der Waals surface area contributed by atoms with Gasteiger partial charge in [-0.1, -0.05) is 17.7 Å². The predicted molar refractivity (Wildman–Crippen MR) is 66.4 cm³/mol. The Morgan fingerprint density at radius 1 is 1.16 bits per heavy atom. The number of halogens is 1. The van der Waals surface area contributed by atoms with Crippen molar-refractivity contribution in [3.8, 4) is 0 Å². The number of aromatic nitrogens is 3. The largest absolute Gasteiger partial charge is 0.477 e. The first kappa shape index (κ1) is 13.1. The summed E-state index contributed by atoms with van der Waals surface area (Å²) in [4.78, 5) is 26.6. The van der Waals surface area contributed by atoms with E-state index in [0.717, 1.165) is 0 Å². The number of rotatable bonds is 3. The molecule has 0 aliphatic heterocycles. The molecule has 0 saturated carbocycles. The number of hydrogen-bond donors (Lipinski definition) is 1. The SMILES string of the molecule is Cc1cc(C(=O)c2cccc(C(=O)O)n2)nnc1Cl. The van der Waals surface area contributed by atoms with Crippen molar-refractivity contribution >= 4 is 23.4 Å². The van der Waals surface area contributed by atoms with Crippen LogP contribution in [0.15, 0.2) is 24.3 Å². The number of nitrogens with zero attached hydrogens (tertiary/aromatic N) is 3. The molecule has 2 rings (SSSR count). The van der Waals surface area contributed by atoms with Gasteiger partial charge >= 0.3 is 5.97 Å². The van der Waals surface area contributed by atoms with E-state index in [2.05, 4.69) is 15.2 Å². The number of carbonyl (C=O) groups excluding carboxylic acids is 1. The second kappa shape index (κ2) is 5.11. The van der Waals surface area contributed by atoms with Gasteiger partial charge in [0.05, 0.1) is 0 Å². The van der Waals surface area contributed by atoms with Crippen LogP contribution in [0, 0.1) is 6.92 Å². The van der Waals surface area contributed by atoms with Crippen molar-refractivity contribution in [3.05, 3.63) is 52.1 Å². The van der Waals surface area contributed by atoms with Crippen LogP contribution in [0.2, 0.25) is 5.15 Å². The first-order valence-electron chi connectivity index (χ1n) is 5.24. The van der Waals surface area contributed by atoms with Crippen molar-refractivity contribution in [2.75, 3.05) is 0 Å². The van der Waals surface area contributed by atoms with E-state index in [1.165, 1.54) is 24.3 Å². The highest BCUT2D eigenvalue weighted by molar-refractivity contribution is 6.30. The molecule has 19 heavy (non-hydrogen) atoms. The Balaban J connectivity index is 2.41. The zero-order valence-electron chi connectivity index (χ0n) is 9.79. The van der Waals surface area contributed by atoms with Crippen molar-refractivity contribution in [1.82, 2.24) is 15.2 Å². The van der Waals surface area contributed by atoms with Crippen LogP contribution in [-0.4, -0.2) is 32.0 Å². The first-order chi connectivity index (χ1) is 8.99. The number of hydrogen-bond acceptors (Lipinski definition) is 5. The number of carboxylic acids is 1. The van der Waals surface area contributed by atoms with Crippen molar-refractivity contribution in [1.29, 1.82) is 0 Å². The monoisotopic (exact) mass is 277 g/mol. The molecular formula is C12H8ClN3O3. The van der Waals surface area contributed by atoms with Crippen LogP contribution in [0.3, 0.4) is 0 Å². The van der Waals surface area contributed by atoms with Gasteiger partial charge in [-0.2, -0.15) is 0 Å². The Morgan fingerprint density at radius 3 is 2.47 bits per heavy atom. The molecule has 2 aromatic heterocycles. The Hall–Kier alpha value is -2.34. The number of aryl methyl sites for hydroxylation is 1. The van der Waals surface area contributed by atoms with Crippen LogP contribution in [-0.2, 0) is 0 Å². The van der Waals surface area contributed by atoms with Crippen LogP contribution < -0.4 is 0 Å². The minimum atomic E-state index is -1.20. The van der Waals surface area contributed by atoms with Crippen molar-refractivity contribution < 1.29 is 14.7 Å². The van der Waals surface area contributed by atoms with Crippen molar-refractivity contribution in [3.63, 3.8) is 0 Å². The fraction of sp³-hybridized carbons (Fsp3) is 0.0833. The van der Waals surface area contributed by atoms with E-state index >= 15 is 0 Å². The predicted octanol–water partition coefficient (Wildman–Crippen LogP) is 1.76. The maximum absolute atomic E-state index is 12.1. The lowest BCUT2D eigenvalue weighted by atomic mass is 10.1. The second-order valence-electron chi connectivity index (χ2n) is 3.75. The van der Waals surface area contributed by atoms with E-state index in [0.29, 0.717) is 5.56 Å². The van der Waals surface area contributed by atoms with Crippen LogP contribution in [0.4, 0.5) is 0 Å². The molecule has 0 amide bonds. The van der Waals surface area contributed by atoms with E-state index in [-0.39, 0.29) is 22.2 Å².